The van der Waals surface area contributed by atoms with Gasteiger partial charge in [0.25, 0.3) is 0 Å². The fourth-order valence-corrected chi connectivity index (χ4v) is 4.10. The molecular formula is C17H27N3S. The largest absolute Gasteiger partial charge is 0.307 e. The zero-order chi connectivity index (χ0) is 15.7. The highest BCUT2D eigenvalue weighted by molar-refractivity contribution is 7.12. The van der Waals surface area contributed by atoms with Crippen LogP contribution < -0.4 is 5.32 Å². The Morgan fingerprint density at radius 2 is 1.90 bits per heavy atom. The van der Waals surface area contributed by atoms with Crippen molar-refractivity contribution in [2.75, 3.05) is 0 Å². The Hall–Kier alpha value is -1.13. The van der Waals surface area contributed by atoms with Gasteiger partial charge >= 0.3 is 0 Å². The van der Waals surface area contributed by atoms with Gasteiger partial charge in [-0.05, 0) is 65.2 Å². The van der Waals surface area contributed by atoms with Gasteiger partial charge in [-0.1, -0.05) is 0 Å². The molecule has 1 N–H and O–H groups in total. The minimum Gasteiger partial charge on any atom is -0.307 e. The van der Waals surface area contributed by atoms with E-state index in [4.69, 9.17) is 0 Å². The molecule has 0 aromatic carbocycles. The van der Waals surface area contributed by atoms with Crippen molar-refractivity contribution in [3.8, 4) is 0 Å². The topological polar surface area (TPSA) is 29.9 Å². The summed E-state index contributed by atoms with van der Waals surface area (Å²) in [6, 6.07) is 3.13. The van der Waals surface area contributed by atoms with E-state index in [1.165, 1.54) is 26.6 Å². The van der Waals surface area contributed by atoms with Crippen LogP contribution in [0.15, 0.2) is 6.07 Å². The van der Waals surface area contributed by atoms with Crippen molar-refractivity contribution in [3.05, 3.63) is 38.3 Å². The van der Waals surface area contributed by atoms with Crippen molar-refractivity contribution in [1.29, 1.82) is 0 Å². The minimum atomic E-state index is 0.391. The molecule has 0 bridgehead atoms. The molecule has 2 aromatic rings. The van der Waals surface area contributed by atoms with Crippen molar-refractivity contribution >= 4 is 11.3 Å². The van der Waals surface area contributed by atoms with Gasteiger partial charge in [0.2, 0.25) is 0 Å². The summed E-state index contributed by atoms with van der Waals surface area (Å²) in [4.78, 5) is 2.82. The van der Waals surface area contributed by atoms with E-state index in [9.17, 15) is 0 Å². The summed E-state index contributed by atoms with van der Waals surface area (Å²) in [5, 5.41) is 8.24. The molecule has 0 fully saturated rings. The smallest absolute Gasteiger partial charge is 0.0628 e. The zero-order valence-corrected chi connectivity index (χ0v) is 15.1. The molecule has 2 unspecified atom stereocenters. The normalized spacial score (nSPS) is 14.4. The third-order valence-corrected chi connectivity index (χ3v) is 5.23. The fourth-order valence-electron chi connectivity index (χ4n) is 3.07. The Morgan fingerprint density at radius 3 is 2.38 bits per heavy atom. The maximum absolute atomic E-state index is 4.51. The van der Waals surface area contributed by atoms with Crippen LogP contribution >= 0.6 is 11.3 Å². The van der Waals surface area contributed by atoms with Crippen molar-refractivity contribution in [2.45, 2.75) is 60.0 Å². The molecular weight excluding hydrogens is 278 g/mol. The van der Waals surface area contributed by atoms with Gasteiger partial charge in [-0.15, -0.1) is 11.3 Å². The first-order valence-electron chi connectivity index (χ1n) is 7.61. The lowest BCUT2D eigenvalue weighted by molar-refractivity contribution is 0.475. The molecule has 0 saturated carbocycles. The summed E-state index contributed by atoms with van der Waals surface area (Å²) >= 11 is 1.88. The lowest BCUT2D eigenvalue weighted by atomic mass is 10.0. The number of nitrogens with zero attached hydrogens (tertiary/aromatic N) is 2. The molecule has 0 amide bonds. The highest BCUT2D eigenvalue weighted by Crippen LogP contribution is 2.26. The number of thiophene rings is 1. The maximum Gasteiger partial charge on any atom is 0.0628 e. The average molecular weight is 305 g/mol. The zero-order valence-electron chi connectivity index (χ0n) is 14.2. The van der Waals surface area contributed by atoms with Crippen molar-refractivity contribution < 1.29 is 0 Å². The van der Waals surface area contributed by atoms with Crippen LogP contribution in [0.1, 0.15) is 52.2 Å². The number of aryl methyl sites for hydroxylation is 4. The molecule has 21 heavy (non-hydrogen) atoms. The molecule has 0 radical (unpaired) electrons. The van der Waals surface area contributed by atoms with Crippen LogP contribution in [0.3, 0.4) is 0 Å². The Bertz CT molecular complexity index is 624. The second-order valence-electron chi connectivity index (χ2n) is 6.14. The first-order valence-corrected chi connectivity index (χ1v) is 8.43. The summed E-state index contributed by atoms with van der Waals surface area (Å²) in [7, 11) is 2.02. The molecule has 116 valence electrons. The molecule has 3 nitrogen and oxygen atoms in total. The molecule has 2 aromatic heterocycles. The first-order chi connectivity index (χ1) is 9.79. The fraction of sp³-hybridized carbons (Fsp3) is 0.588. The van der Waals surface area contributed by atoms with Crippen LogP contribution in [0.25, 0.3) is 0 Å². The Labute approximate surface area is 132 Å². The molecule has 2 heterocycles. The van der Waals surface area contributed by atoms with Gasteiger partial charge in [0.1, 0.15) is 0 Å². The summed E-state index contributed by atoms with van der Waals surface area (Å²) in [5.41, 5.74) is 5.24. The third kappa shape index (κ3) is 3.55. The molecule has 2 atom stereocenters. The van der Waals surface area contributed by atoms with Gasteiger partial charge in [-0.25, -0.2) is 0 Å². The number of aromatic nitrogens is 2. The van der Waals surface area contributed by atoms with Gasteiger partial charge < -0.3 is 5.32 Å². The summed E-state index contributed by atoms with van der Waals surface area (Å²) in [6.07, 6.45) is 1.03. The van der Waals surface area contributed by atoms with E-state index in [1.807, 2.05) is 23.1 Å². The highest BCUT2D eigenvalue weighted by Gasteiger charge is 2.17. The van der Waals surface area contributed by atoms with Crippen LogP contribution in [-0.2, 0) is 13.5 Å². The van der Waals surface area contributed by atoms with Crippen LogP contribution in [0.4, 0.5) is 0 Å². The number of nitrogens with one attached hydrogen (secondary N) is 1. The number of hydrogen-bond acceptors (Lipinski definition) is 3. The SMILES string of the molecule is Cc1cc(C(C)NC(C)Cc2c(C)nn(C)c2C)c(C)s1. The van der Waals surface area contributed by atoms with Gasteiger partial charge in [0.05, 0.1) is 5.69 Å². The molecule has 0 spiro atoms. The molecule has 2 rings (SSSR count). The van der Waals surface area contributed by atoms with E-state index in [-0.39, 0.29) is 0 Å². The van der Waals surface area contributed by atoms with Gasteiger partial charge in [-0.3, -0.25) is 4.68 Å². The van der Waals surface area contributed by atoms with Gasteiger partial charge in [0, 0.05) is 34.6 Å². The number of hydrogen-bond donors (Lipinski definition) is 1. The molecule has 0 saturated heterocycles. The lowest BCUT2D eigenvalue weighted by Gasteiger charge is -2.20. The second kappa shape index (κ2) is 6.32. The van der Waals surface area contributed by atoms with Crippen LogP contribution in [0.5, 0.6) is 0 Å². The number of rotatable bonds is 5. The average Bonchev–Trinajstić information content (AvgIpc) is 2.83. The summed E-state index contributed by atoms with van der Waals surface area (Å²) in [5.74, 6) is 0. The maximum atomic E-state index is 4.51. The van der Waals surface area contributed by atoms with E-state index < -0.39 is 0 Å². The third-order valence-electron chi connectivity index (χ3n) is 4.25. The molecule has 0 aliphatic carbocycles. The summed E-state index contributed by atoms with van der Waals surface area (Å²) < 4.78 is 1.98. The minimum absolute atomic E-state index is 0.391. The predicted octanol–water partition coefficient (Wildman–Crippen LogP) is 4.00. The Kier molecular flexibility index (Phi) is 4.89. The van der Waals surface area contributed by atoms with E-state index in [0.29, 0.717) is 12.1 Å². The van der Waals surface area contributed by atoms with E-state index in [1.54, 1.807) is 0 Å². The van der Waals surface area contributed by atoms with E-state index in [2.05, 4.69) is 58.0 Å². The van der Waals surface area contributed by atoms with E-state index >= 15 is 0 Å². The van der Waals surface area contributed by atoms with Crippen molar-refractivity contribution in [3.63, 3.8) is 0 Å². The van der Waals surface area contributed by atoms with Crippen molar-refractivity contribution in [2.24, 2.45) is 7.05 Å². The van der Waals surface area contributed by atoms with Crippen LogP contribution in [0.2, 0.25) is 0 Å². The monoisotopic (exact) mass is 305 g/mol. The van der Waals surface area contributed by atoms with Gasteiger partial charge in [0.15, 0.2) is 0 Å². The molecule has 4 heteroatoms. The van der Waals surface area contributed by atoms with E-state index in [0.717, 1.165) is 12.1 Å². The highest BCUT2D eigenvalue weighted by atomic mass is 32.1. The van der Waals surface area contributed by atoms with Crippen LogP contribution in [0, 0.1) is 27.7 Å². The van der Waals surface area contributed by atoms with Crippen molar-refractivity contribution in [1.82, 2.24) is 15.1 Å². The van der Waals surface area contributed by atoms with Gasteiger partial charge in [-0.2, -0.15) is 5.10 Å². The first kappa shape index (κ1) is 16.2. The molecule has 0 aliphatic rings. The Morgan fingerprint density at radius 1 is 1.24 bits per heavy atom. The lowest BCUT2D eigenvalue weighted by Crippen LogP contribution is -2.31. The Balaban J connectivity index is 2.04. The standard InChI is InChI=1S/C17H27N3S/c1-10(8-16-13(4)19-20(7)14(16)5)18-12(3)17-9-11(2)21-15(17)6/h9-10,12,18H,8H2,1-7H3. The molecule has 0 aliphatic heterocycles. The second-order valence-corrected chi connectivity index (χ2v) is 7.60. The quantitative estimate of drug-likeness (QED) is 0.905. The predicted molar refractivity (Wildman–Crippen MR) is 91.2 cm³/mol. The summed E-state index contributed by atoms with van der Waals surface area (Å²) in [6.45, 7) is 13.2. The van der Waals surface area contributed by atoms with Crippen LogP contribution in [-0.4, -0.2) is 15.8 Å².